The molecule has 0 saturated carbocycles. The number of carboxylic acids is 2. The van der Waals surface area contributed by atoms with Crippen molar-refractivity contribution >= 4 is 11.9 Å². The van der Waals surface area contributed by atoms with E-state index in [0.717, 1.165) is 12.1 Å². The normalized spacial score (nSPS) is 11.8. The zero-order chi connectivity index (χ0) is 14.7. The Morgan fingerprint density at radius 1 is 0.950 bits per heavy atom. The molecule has 0 aliphatic carbocycles. The van der Waals surface area contributed by atoms with Gasteiger partial charge in [0.05, 0.1) is 5.56 Å². The summed E-state index contributed by atoms with van der Waals surface area (Å²) in [5, 5.41) is 18.5. The van der Waals surface area contributed by atoms with Gasteiger partial charge in [0.25, 0.3) is 0 Å². The van der Waals surface area contributed by atoms with E-state index >= 15 is 0 Å². The van der Waals surface area contributed by atoms with E-state index in [2.05, 4.69) is 0 Å². The average Bonchev–Trinajstić information content (AvgIpc) is 2.41. The Morgan fingerprint density at radius 2 is 1.55 bits per heavy atom. The summed E-state index contributed by atoms with van der Waals surface area (Å²) in [6.45, 7) is 0. The zero-order valence-electron chi connectivity index (χ0n) is 10.3. The van der Waals surface area contributed by atoms with E-state index in [0.29, 0.717) is 5.56 Å². The van der Waals surface area contributed by atoms with Crippen LogP contribution in [0, 0.1) is 5.82 Å². The average molecular weight is 274 g/mol. The lowest BCUT2D eigenvalue weighted by Crippen LogP contribution is -2.16. The largest absolute Gasteiger partial charge is 0.481 e. The predicted octanol–water partition coefficient (Wildman–Crippen LogP) is 2.74. The molecule has 0 bridgehead atoms. The number of aromatic carboxylic acids is 1. The lowest BCUT2D eigenvalue weighted by molar-refractivity contribution is -0.137. The molecule has 2 rings (SSSR count). The van der Waals surface area contributed by atoms with Crippen molar-refractivity contribution < 1.29 is 24.2 Å². The molecular weight excluding hydrogens is 263 g/mol. The van der Waals surface area contributed by atoms with Crippen LogP contribution in [0.5, 0.6) is 0 Å². The lowest BCUT2D eigenvalue weighted by Gasteiger charge is -2.15. The van der Waals surface area contributed by atoms with Gasteiger partial charge in [0, 0.05) is 0 Å². The van der Waals surface area contributed by atoms with E-state index in [1.807, 2.05) is 0 Å². The van der Waals surface area contributed by atoms with Gasteiger partial charge in [-0.15, -0.1) is 0 Å². The topological polar surface area (TPSA) is 74.6 Å². The summed E-state index contributed by atoms with van der Waals surface area (Å²) in [6, 6.07) is 10.9. The Balaban J connectivity index is 2.58. The van der Waals surface area contributed by atoms with Gasteiger partial charge < -0.3 is 10.2 Å². The number of rotatable bonds is 4. The maximum absolute atomic E-state index is 12.9. The summed E-state index contributed by atoms with van der Waals surface area (Å²) in [6.07, 6.45) is 0. The third-order valence-electron chi connectivity index (χ3n) is 2.95. The fraction of sp³-hybridized carbons (Fsp3) is 0.0667. The van der Waals surface area contributed by atoms with Crippen LogP contribution < -0.4 is 0 Å². The number of aliphatic carboxylic acids is 1. The summed E-state index contributed by atoms with van der Waals surface area (Å²) >= 11 is 0. The van der Waals surface area contributed by atoms with E-state index in [9.17, 15) is 19.1 Å². The molecule has 2 N–H and O–H groups in total. The van der Waals surface area contributed by atoms with Crippen LogP contribution in [-0.4, -0.2) is 22.2 Å². The molecule has 0 fully saturated rings. The van der Waals surface area contributed by atoms with Crippen molar-refractivity contribution in [1.82, 2.24) is 0 Å². The van der Waals surface area contributed by atoms with Crippen molar-refractivity contribution in [3.05, 3.63) is 71.0 Å². The molecule has 102 valence electrons. The van der Waals surface area contributed by atoms with Crippen LogP contribution in [0.15, 0.2) is 48.5 Å². The standard InChI is InChI=1S/C15H11FO4/c16-10-7-5-9(6-8-10)13(15(19)20)11-3-1-2-4-12(11)14(17)18/h1-8,13H,(H,17,18)(H,19,20). The number of carboxylic acid groups (broad SMARTS) is 2. The Hall–Kier alpha value is -2.69. The monoisotopic (exact) mass is 274 g/mol. The van der Waals surface area contributed by atoms with E-state index in [4.69, 9.17) is 5.11 Å². The summed E-state index contributed by atoms with van der Waals surface area (Å²) < 4.78 is 12.9. The Morgan fingerprint density at radius 3 is 2.10 bits per heavy atom. The number of halogens is 1. The molecular formula is C15H11FO4. The van der Waals surface area contributed by atoms with Crippen LogP contribution in [-0.2, 0) is 4.79 Å². The molecule has 2 aromatic carbocycles. The van der Waals surface area contributed by atoms with Crippen LogP contribution in [0.1, 0.15) is 27.4 Å². The molecule has 1 atom stereocenters. The van der Waals surface area contributed by atoms with Crippen molar-refractivity contribution in [2.45, 2.75) is 5.92 Å². The van der Waals surface area contributed by atoms with Crippen LogP contribution >= 0.6 is 0 Å². The molecule has 4 nitrogen and oxygen atoms in total. The number of hydrogen-bond acceptors (Lipinski definition) is 2. The van der Waals surface area contributed by atoms with E-state index in [-0.39, 0.29) is 11.1 Å². The molecule has 0 aliphatic heterocycles. The van der Waals surface area contributed by atoms with Crippen molar-refractivity contribution in [3.63, 3.8) is 0 Å². The first-order valence-corrected chi connectivity index (χ1v) is 5.81. The molecule has 5 heteroatoms. The van der Waals surface area contributed by atoms with Crippen LogP contribution in [0.25, 0.3) is 0 Å². The quantitative estimate of drug-likeness (QED) is 0.899. The van der Waals surface area contributed by atoms with Crippen molar-refractivity contribution in [2.75, 3.05) is 0 Å². The number of carbonyl (C=O) groups is 2. The van der Waals surface area contributed by atoms with Gasteiger partial charge in [-0.3, -0.25) is 4.79 Å². The maximum atomic E-state index is 12.9. The summed E-state index contributed by atoms with van der Waals surface area (Å²) in [7, 11) is 0. The first-order chi connectivity index (χ1) is 9.50. The van der Waals surface area contributed by atoms with Crippen molar-refractivity contribution in [2.24, 2.45) is 0 Å². The number of benzene rings is 2. The van der Waals surface area contributed by atoms with E-state index in [1.54, 1.807) is 6.07 Å². The van der Waals surface area contributed by atoms with Gasteiger partial charge in [0.15, 0.2) is 0 Å². The molecule has 2 aromatic rings. The first kappa shape index (κ1) is 13.7. The van der Waals surface area contributed by atoms with Gasteiger partial charge in [0.2, 0.25) is 0 Å². The molecule has 0 spiro atoms. The molecule has 0 radical (unpaired) electrons. The number of hydrogen-bond donors (Lipinski definition) is 2. The van der Waals surface area contributed by atoms with Gasteiger partial charge in [0.1, 0.15) is 11.7 Å². The molecule has 0 aromatic heterocycles. The third-order valence-corrected chi connectivity index (χ3v) is 2.95. The molecule has 0 heterocycles. The van der Waals surface area contributed by atoms with E-state index < -0.39 is 23.7 Å². The minimum atomic E-state index is -1.20. The highest BCUT2D eigenvalue weighted by Crippen LogP contribution is 2.28. The fourth-order valence-electron chi connectivity index (χ4n) is 2.05. The van der Waals surface area contributed by atoms with Crippen LogP contribution in [0.2, 0.25) is 0 Å². The van der Waals surface area contributed by atoms with Crippen LogP contribution in [0.3, 0.4) is 0 Å². The Bertz CT molecular complexity index is 649. The van der Waals surface area contributed by atoms with Crippen molar-refractivity contribution in [3.8, 4) is 0 Å². The SMILES string of the molecule is O=C(O)c1ccccc1C(C(=O)O)c1ccc(F)cc1. The third kappa shape index (κ3) is 2.66. The molecule has 20 heavy (non-hydrogen) atoms. The summed E-state index contributed by atoms with van der Waals surface area (Å²) in [4.78, 5) is 22.7. The smallest absolute Gasteiger partial charge is 0.336 e. The highest BCUT2D eigenvalue weighted by Gasteiger charge is 2.26. The first-order valence-electron chi connectivity index (χ1n) is 5.81. The minimum absolute atomic E-state index is 0.0794. The van der Waals surface area contributed by atoms with Gasteiger partial charge in [-0.2, -0.15) is 0 Å². The maximum Gasteiger partial charge on any atom is 0.336 e. The second kappa shape index (κ2) is 5.52. The van der Waals surface area contributed by atoms with Gasteiger partial charge in [-0.1, -0.05) is 30.3 Å². The van der Waals surface area contributed by atoms with Crippen molar-refractivity contribution in [1.29, 1.82) is 0 Å². The molecule has 0 aliphatic rings. The van der Waals surface area contributed by atoms with Gasteiger partial charge in [-0.25, -0.2) is 9.18 Å². The molecule has 0 amide bonds. The highest BCUT2D eigenvalue weighted by atomic mass is 19.1. The highest BCUT2D eigenvalue weighted by molar-refractivity contribution is 5.93. The Labute approximate surface area is 114 Å². The van der Waals surface area contributed by atoms with Gasteiger partial charge >= 0.3 is 11.9 Å². The Kier molecular flexibility index (Phi) is 3.79. The minimum Gasteiger partial charge on any atom is -0.481 e. The second-order valence-corrected chi connectivity index (χ2v) is 4.22. The summed E-state index contributed by atoms with van der Waals surface area (Å²) in [5.74, 6) is -4.02. The predicted molar refractivity (Wildman–Crippen MR) is 69.3 cm³/mol. The molecule has 0 saturated heterocycles. The lowest BCUT2D eigenvalue weighted by atomic mass is 9.88. The molecule has 1 unspecified atom stereocenters. The van der Waals surface area contributed by atoms with Gasteiger partial charge in [-0.05, 0) is 29.3 Å². The second-order valence-electron chi connectivity index (χ2n) is 4.22. The fourth-order valence-corrected chi connectivity index (χ4v) is 2.05. The van der Waals surface area contributed by atoms with Crippen LogP contribution in [0.4, 0.5) is 4.39 Å². The van der Waals surface area contributed by atoms with E-state index in [1.165, 1.54) is 30.3 Å². The summed E-state index contributed by atoms with van der Waals surface area (Å²) in [5.41, 5.74) is 0.413. The zero-order valence-corrected chi connectivity index (χ0v) is 10.3.